The van der Waals surface area contributed by atoms with Crippen molar-refractivity contribution < 1.29 is 4.79 Å². The lowest BCUT2D eigenvalue weighted by Crippen LogP contribution is -2.20. The first-order valence-electron chi connectivity index (χ1n) is 9.22. The summed E-state index contributed by atoms with van der Waals surface area (Å²) in [5.41, 5.74) is 3.81. The van der Waals surface area contributed by atoms with E-state index in [4.69, 9.17) is 16.6 Å². The Balaban J connectivity index is 1.56. The molecule has 1 amide bonds. The zero-order valence-corrected chi connectivity index (χ0v) is 16.1. The summed E-state index contributed by atoms with van der Waals surface area (Å²) in [5.74, 6) is 0.803. The van der Waals surface area contributed by atoms with Gasteiger partial charge in [0.15, 0.2) is 0 Å². The Kier molecular flexibility index (Phi) is 5.40. The molecule has 0 spiro atoms. The van der Waals surface area contributed by atoms with Gasteiger partial charge in [-0.3, -0.25) is 4.79 Å². The zero-order chi connectivity index (χ0) is 19.3. The van der Waals surface area contributed by atoms with Crippen molar-refractivity contribution in [2.45, 2.75) is 19.4 Å². The molecule has 0 aliphatic heterocycles. The van der Waals surface area contributed by atoms with Gasteiger partial charge in [-0.15, -0.1) is 0 Å². The first-order valence-corrected chi connectivity index (χ1v) is 9.60. The van der Waals surface area contributed by atoms with E-state index in [1.54, 1.807) is 12.1 Å². The number of aryl methyl sites for hydroxylation is 2. The van der Waals surface area contributed by atoms with Crippen LogP contribution in [0.4, 0.5) is 5.69 Å². The van der Waals surface area contributed by atoms with Gasteiger partial charge in [-0.2, -0.15) is 0 Å². The maximum Gasteiger partial charge on any atom is 0.244 e. The smallest absolute Gasteiger partial charge is 0.244 e. The average Bonchev–Trinajstić information content (AvgIpc) is 3.05. The number of fused-ring (bicyclic) bond motifs is 1. The van der Waals surface area contributed by atoms with Gasteiger partial charge in [-0.05, 0) is 42.3 Å². The molecule has 0 fully saturated rings. The first-order chi connectivity index (χ1) is 13.7. The van der Waals surface area contributed by atoms with Crippen LogP contribution in [0, 0.1) is 0 Å². The number of amides is 1. The summed E-state index contributed by atoms with van der Waals surface area (Å²) >= 11 is 6.01. The highest BCUT2D eigenvalue weighted by Crippen LogP contribution is 2.19. The van der Waals surface area contributed by atoms with Gasteiger partial charge >= 0.3 is 0 Å². The van der Waals surface area contributed by atoms with Gasteiger partial charge in [0, 0.05) is 17.1 Å². The van der Waals surface area contributed by atoms with Crippen molar-refractivity contribution in [2.75, 3.05) is 5.32 Å². The van der Waals surface area contributed by atoms with E-state index in [1.165, 1.54) is 5.56 Å². The predicted octanol–water partition coefficient (Wildman–Crippen LogP) is 5.11. The van der Waals surface area contributed by atoms with E-state index in [1.807, 2.05) is 59.2 Å². The highest BCUT2D eigenvalue weighted by Gasteiger charge is 2.14. The number of halogens is 1. The maximum absolute atomic E-state index is 12.7. The summed E-state index contributed by atoms with van der Waals surface area (Å²) in [7, 11) is 0. The molecular formula is C23H20ClN3O. The molecule has 0 radical (unpaired) electrons. The van der Waals surface area contributed by atoms with Crippen molar-refractivity contribution in [3.63, 3.8) is 0 Å². The summed E-state index contributed by atoms with van der Waals surface area (Å²) < 4.78 is 2.00. The number of hydrogen-bond acceptors (Lipinski definition) is 2. The highest BCUT2D eigenvalue weighted by molar-refractivity contribution is 6.30. The lowest BCUT2D eigenvalue weighted by molar-refractivity contribution is -0.116. The number of aromatic nitrogens is 2. The van der Waals surface area contributed by atoms with Gasteiger partial charge in [0.2, 0.25) is 5.91 Å². The third kappa shape index (κ3) is 4.24. The molecule has 1 aromatic heterocycles. The molecule has 4 aromatic rings. The molecule has 4 rings (SSSR count). The highest BCUT2D eigenvalue weighted by atomic mass is 35.5. The van der Waals surface area contributed by atoms with Gasteiger partial charge in [-0.25, -0.2) is 4.98 Å². The molecule has 0 atom stereocenters. The molecule has 5 heteroatoms. The Labute approximate surface area is 168 Å². The topological polar surface area (TPSA) is 46.9 Å². The van der Waals surface area contributed by atoms with Crippen LogP contribution in [0.2, 0.25) is 5.02 Å². The summed E-state index contributed by atoms with van der Waals surface area (Å²) in [4.78, 5) is 17.4. The molecule has 1 heterocycles. The second kappa shape index (κ2) is 8.28. The Morgan fingerprint density at radius 1 is 0.929 bits per heavy atom. The molecule has 4 nitrogen and oxygen atoms in total. The molecular weight excluding hydrogens is 370 g/mol. The normalized spacial score (nSPS) is 10.9. The fraction of sp³-hybridized carbons (Fsp3) is 0.130. The van der Waals surface area contributed by atoms with E-state index in [9.17, 15) is 4.79 Å². The molecule has 0 bridgehead atoms. The molecule has 0 aliphatic rings. The number of anilines is 1. The van der Waals surface area contributed by atoms with Crippen molar-refractivity contribution in [3.05, 3.63) is 95.3 Å². The van der Waals surface area contributed by atoms with Crippen LogP contribution in [0.3, 0.4) is 0 Å². The minimum Gasteiger partial charge on any atom is -0.324 e. The second-order valence-corrected chi connectivity index (χ2v) is 7.08. The van der Waals surface area contributed by atoms with Crippen LogP contribution in [-0.2, 0) is 24.2 Å². The maximum atomic E-state index is 12.7. The summed E-state index contributed by atoms with van der Waals surface area (Å²) in [6, 6.07) is 25.4. The quantitative estimate of drug-likeness (QED) is 0.498. The first kappa shape index (κ1) is 18.3. The standard InChI is InChI=1S/C23H20ClN3O/c24-18-9-6-10-19(15-18)25-23(28)16-27-21-12-5-4-11-20(21)26-22(27)14-13-17-7-2-1-3-8-17/h1-12,15H,13-14,16H2,(H,25,28). The van der Waals surface area contributed by atoms with Gasteiger partial charge in [0.05, 0.1) is 11.0 Å². The lowest BCUT2D eigenvalue weighted by atomic mass is 10.1. The Bertz CT molecular complexity index is 1110. The second-order valence-electron chi connectivity index (χ2n) is 6.65. The van der Waals surface area contributed by atoms with Crippen LogP contribution in [0.5, 0.6) is 0 Å². The zero-order valence-electron chi connectivity index (χ0n) is 15.3. The minimum atomic E-state index is -0.105. The lowest BCUT2D eigenvalue weighted by Gasteiger charge is -2.10. The van der Waals surface area contributed by atoms with Crippen LogP contribution >= 0.6 is 11.6 Å². The van der Waals surface area contributed by atoms with Crippen LogP contribution in [-0.4, -0.2) is 15.5 Å². The van der Waals surface area contributed by atoms with E-state index in [-0.39, 0.29) is 12.5 Å². The molecule has 3 aromatic carbocycles. The fourth-order valence-corrected chi connectivity index (χ4v) is 3.49. The van der Waals surface area contributed by atoms with Crippen LogP contribution < -0.4 is 5.32 Å². The number of rotatable bonds is 6. The third-order valence-corrected chi connectivity index (χ3v) is 4.86. The predicted molar refractivity (Wildman–Crippen MR) is 114 cm³/mol. The number of nitrogens with one attached hydrogen (secondary N) is 1. The van der Waals surface area contributed by atoms with E-state index in [0.29, 0.717) is 10.7 Å². The van der Waals surface area contributed by atoms with Gasteiger partial charge in [0.1, 0.15) is 12.4 Å². The number of nitrogens with zero attached hydrogens (tertiary/aromatic N) is 2. The van der Waals surface area contributed by atoms with Crippen LogP contribution in [0.1, 0.15) is 11.4 Å². The van der Waals surface area contributed by atoms with Crippen molar-refractivity contribution in [1.29, 1.82) is 0 Å². The Hall–Kier alpha value is -3.11. The minimum absolute atomic E-state index is 0.105. The molecule has 0 aliphatic carbocycles. The van der Waals surface area contributed by atoms with E-state index < -0.39 is 0 Å². The molecule has 1 N–H and O–H groups in total. The Morgan fingerprint density at radius 2 is 1.71 bits per heavy atom. The number of imidazole rings is 1. The van der Waals surface area contributed by atoms with E-state index in [2.05, 4.69) is 17.4 Å². The number of benzene rings is 3. The summed E-state index contributed by atoms with van der Waals surface area (Å²) in [6.45, 7) is 0.206. The molecule has 28 heavy (non-hydrogen) atoms. The van der Waals surface area contributed by atoms with E-state index in [0.717, 1.165) is 29.7 Å². The average molecular weight is 390 g/mol. The molecule has 0 saturated heterocycles. The van der Waals surface area contributed by atoms with Gasteiger partial charge in [-0.1, -0.05) is 60.1 Å². The van der Waals surface area contributed by atoms with Gasteiger partial charge < -0.3 is 9.88 Å². The van der Waals surface area contributed by atoms with Crippen molar-refractivity contribution in [1.82, 2.24) is 9.55 Å². The number of carbonyl (C=O) groups excluding carboxylic acids is 1. The van der Waals surface area contributed by atoms with E-state index >= 15 is 0 Å². The van der Waals surface area contributed by atoms with Crippen molar-refractivity contribution in [3.8, 4) is 0 Å². The number of hydrogen-bond donors (Lipinski definition) is 1. The van der Waals surface area contributed by atoms with Crippen LogP contribution in [0.25, 0.3) is 11.0 Å². The molecule has 0 saturated carbocycles. The van der Waals surface area contributed by atoms with Crippen molar-refractivity contribution >= 4 is 34.2 Å². The molecule has 0 unspecified atom stereocenters. The monoisotopic (exact) mass is 389 g/mol. The molecule has 140 valence electrons. The van der Waals surface area contributed by atoms with Crippen LogP contribution in [0.15, 0.2) is 78.9 Å². The number of carbonyl (C=O) groups is 1. The summed E-state index contributed by atoms with van der Waals surface area (Å²) in [6.07, 6.45) is 1.64. The summed E-state index contributed by atoms with van der Waals surface area (Å²) in [5, 5.41) is 3.51. The van der Waals surface area contributed by atoms with Crippen molar-refractivity contribution in [2.24, 2.45) is 0 Å². The third-order valence-electron chi connectivity index (χ3n) is 4.62. The Morgan fingerprint density at radius 3 is 2.54 bits per heavy atom. The fourth-order valence-electron chi connectivity index (χ4n) is 3.30. The largest absolute Gasteiger partial charge is 0.324 e. The SMILES string of the molecule is O=C(Cn1c(CCc2ccccc2)nc2ccccc21)Nc1cccc(Cl)c1. The number of para-hydroxylation sites is 2. The van der Waals surface area contributed by atoms with Gasteiger partial charge in [0.25, 0.3) is 0 Å².